The van der Waals surface area contributed by atoms with E-state index < -0.39 is 4.92 Å². The number of nitro groups is 1. The van der Waals surface area contributed by atoms with Crippen molar-refractivity contribution in [2.24, 2.45) is 0 Å². The number of halogens is 1. The van der Waals surface area contributed by atoms with Crippen LogP contribution in [0.4, 0.5) is 11.4 Å². The van der Waals surface area contributed by atoms with Gasteiger partial charge in [0.25, 0.3) is 5.69 Å². The van der Waals surface area contributed by atoms with Crippen LogP contribution in [0.25, 0.3) is 11.3 Å². The number of carbonyl (C=O) groups excluding carboxylic acids is 1. The van der Waals surface area contributed by atoms with Gasteiger partial charge in [-0.05, 0) is 23.6 Å². The molecule has 1 aromatic heterocycles. The lowest BCUT2D eigenvalue weighted by Crippen LogP contribution is -2.12. The molecule has 1 heterocycles. The summed E-state index contributed by atoms with van der Waals surface area (Å²) in [6.45, 7) is 4.27. The zero-order valence-corrected chi connectivity index (χ0v) is 16.8. The third-order valence-electron chi connectivity index (χ3n) is 4.41. The number of aryl methyl sites for hydroxylation is 1. The molecule has 29 heavy (non-hydrogen) atoms. The molecule has 0 unspecified atom stereocenters. The summed E-state index contributed by atoms with van der Waals surface area (Å²) < 4.78 is 5.74. The third-order valence-corrected chi connectivity index (χ3v) is 4.73. The van der Waals surface area contributed by atoms with Crippen molar-refractivity contribution in [2.75, 3.05) is 5.32 Å². The van der Waals surface area contributed by atoms with Crippen molar-refractivity contribution in [3.8, 4) is 11.3 Å². The summed E-state index contributed by atoms with van der Waals surface area (Å²) in [5.41, 5.74) is 2.22. The van der Waals surface area contributed by atoms with Crippen LogP contribution in [0.1, 0.15) is 37.6 Å². The molecular weight excluding hydrogens is 394 g/mol. The molecule has 150 valence electrons. The Morgan fingerprint density at radius 2 is 1.97 bits per heavy atom. The van der Waals surface area contributed by atoms with E-state index in [4.69, 9.17) is 16.0 Å². The van der Waals surface area contributed by atoms with Gasteiger partial charge in [0.15, 0.2) is 11.7 Å². The first-order chi connectivity index (χ1) is 13.8. The molecule has 0 aliphatic carbocycles. The predicted octanol–water partition coefficient (Wildman–Crippen LogP) is 5.60. The molecule has 0 aliphatic rings. The monoisotopic (exact) mass is 413 g/mol. The quantitative estimate of drug-likeness (QED) is 0.401. The summed E-state index contributed by atoms with van der Waals surface area (Å²) in [6, 6.07) is 12.2. The van der Waals surface area contributed by atoms with Crippen LogP contribution in [0.15, 0.2) is 53.1 Å². The first kappa shape index (κ1) is 20.5. The van der Waals surface area contributed by atoms with Gasteiger partial charge in [-0.15, -0.1) is 0 Å². The summed E-state index contributed by atoms with van der Waals surface area (Å²) in [6.07, 6.45) is 2.08. The number of benzene rings is 2. The Balaban J connectivity index is 1.59. The molecule has 0 aliphatic heterocycles. The Labute approximate surface area is 172 Å². The van der Waals surface area contributed by atoms with Crippen LogP contribution >= 0.6 is 11.6 Å². The molecule has 1 amide bonds. The van der Waals surface area contributed by atoms with Crippen molar-refractivity contribution in [3.05, 3.63) is 75.3 Å². The smallest absolute Gasteiger partial charge is 0.289 e. The van der Waals surface area contributed by atoms with Crippen molar-refractivity contribution < 1.29 is 14.1 Å². The van der Waals surface area contributed by atoms with Gasteiger partial charge in [0, 0.05) is 30.2 Å². The van der Waals surface area contributed by atoms with Gasteiger partial charge < -0.3 is 9.73 Å². The fourth-order valence-electron chi connectivity index (χ4n) is 2.77. The van der Waals surface area contributed by atoms with Gasteiger partial charge in [0.1, 0.15) is 5.02 Å². The average Bonchev–Trinajstić information content (AvgIpc) is 3.17. The number of carbonyl (C=O) groups is 1. The summed E-state index contributed by atoms with van der Waals surface area (Å²) in [7, 11) is 0. The molecule has 7 nitrogen and oxygen atoms in total. The number of rotatable bonds is 7. The van der Waals surface area contributed by atoms with Crippen molar-refractivity contribution >= 4 is 28.9 Å². The topological polar surface area (TPSA) is 98.3 Å². The molecule has 3 aromatic rings. The second kappa shape index (κ2) is 8.87. The highest BCUT2D eigenvalue weighted by molar-refractivity contribution is 6.32. The SMILES string of the molecule is CC(C)c1ccc(-c2cnc(CCC(=O)Nc3ccc(Cl)c([N+](=O)[O-])c3)o2)cc1. The molecular formula is C21H20ClN3O4. The molecule has 0 saturated carbocycles. The van der Waals surface area contributed by atoms with Gasteiger partial charge >= 0.3 is 0 Å². The maximum Gasteiger partial charge on any atom is 0.289 e. The largest absolute Gasteiger partial charge is 0.441 e. The van der Waals surface area contributed by atoms with Crippen LogP contribution in [0.5, 0.6) is 0 Å². The zero-order chi connectivity index (χ0) is 21.0. The molecule has 0 saturated heterocycles. The summed E-state index contributed by atoms with van der Waals surface area (Å²) in [4.78, 5) is 26.7. The number of anilines is 1. The van der Waals surface area contributed by atoms with Gasteiger partial charge in [0.05, 0.1) is 11.1 Å². The summed E-state index contributed by atoms with van der Waals surface area (Å²) in [5, 5.41) is 13.6. The maximum absolute atomic E-state index is 12.1. The number of aromatic nitrogens is 1. The van der Waals surface area contributed by atoms with E-state index in [2.05, 4.69) is 36.3 Å². The van der Waals surface area contributed by atoms with Gasteiger partial charge in [-0.1, -0.05) is 49.7 Å². The highest BCUT2D eigenvalue weighted by atomic mass is 35.5. The Morgan fingerprint density at radius 1 is 1.24 bits per heavy atom. The Bertz CT molecular complexity index is 1030. The molecule has 0 spiro atoms. The maximum atomic E-state index is 12.1. The second-order valence-corrected chi connectivity index (χ2v) is 7.27. The Morgan fingerprint density at radius 3 is 2.62 bits per heavy atom. The Kier molecular flexibility index (Phi) is 6.29. The van der Waals surface area contributed by atoms with Gasteiger partial charge in [-0.25, -0.2) is 4.98 Å². The highest BCUT2D eigenvalue weighted by Crippen LogP contribution is 2.27. The number of amides is 1. The second-order valence-electron chi connectivity index (χ2n) is 6.87. The minimum atomic E-state index is -0.597. The van der Waals surface area contributed by atoms with Gasteiger partial charge in [0.2, 0.25) is 5.91 Å². The summed E-state index contributed by atoms with van der Waals surface area (Å²) >= 11 is 5.77. The summed E-state index contributed by atoms with van der Waals surface area (Å²) in [5.74, 6) is 1.24. The van der Waals surface area contributed by atoms with Gasteiger partial charge in [-0.3, -0.25) is 14.9 Å². The number of hydrogen-bond acceptors (Lipinski definition) is 5. The molecule has 2 aromatic carbocycles. The predicted molar refractivity (Wildman–Crippen MR) is 111 cm³/mol. The van der Waals surface area contributed by atoms with Crippen LogP contribution in [-0.2, 0) is 11.2 Å². The van der Waals surface area contributed by atoms with Crippen molar-refractivity contribution in [3.63, 3.8) is 0 Å². The number of oxazole rings is 1. The number of nitro benzene ring substituents is 1. The lowest BCUT2D eigenvalue weighted by atomic mass is 10.0. The number of hydrogen-bond donors (Lipinski definition) is 1. The molecule has 0 bridgehead atoms. The van der Waals surface area contributed by atoms with Crippen LogP contribution in [0, 0.1) is 10.1 Å². The lowest BCUT2D eigenvalue weighted by Gasteiger charge is -2.05. The van der Waals surface area contributed by atoms with Crippen molar-refractivity contribution in [2.45, 2.75) is 32.6 Å². The number of nitrogens with zero attached hydrogens (tertiary/aromatic N) is 2. The van der Waals surface area contributed by atoms with E-state index in [0.29, 0.717) is 29.7 Å². The zero-order valence-electron chi connectivity index (χ0n) is 16.0. The molecule has 0 radical (unpaired) electrons. The van der Waals surface area contributed by atoms with Crippen LogP contribution < -0.4 is 5.32 Å². The fourth-order valence-corrected chi connectivity index (χ4v) is 2.95. The van der Waals surface area contributed by atoms with E-state index in [9.17, 15) is 14.9 Å². The number of nitrogens with one attached hydrogen (secondary N) is 1. The normalized spacial score (nSPS) is 10.9. The van der Waals surface area contributed by atoms with E-state index in [0.717, 1.165) is 5.56 Å². The van der Waals surface area contributed by atoms with E-state index in [1.54, 1.807) is 6.20 Å². The minimum Gasteiger partial charge on any atom is -0.441 e. The van der Waals surface area contributed by atoms with E-state index in [1.165, 1.54) is 23.8 Å². The molecule has 0 atom stereocenters. The molecule has 8 heteroatoms. The first-order valence-electron chi connectivity index (χ1n) is 9.12. The van der Waals surface area contributed by atoms with E-state index in [-0.39, 0.29) is 23.0 Å². The van der Waals surface area contributed by atoms with E-state index in [1.807, 2.05) is 12.1 Å². The lowest BCUT2D eigenvalue weighted by molar-refractivity contribution is -0.384. The van der Waals surface area contributed by atoms with Crippen molar-refractivity contribution in [1.29, 1.82) is 0 Å². The van der Waals surface area contributed by atoms with Crippen LogP contribution in [-0.4, -0.2) is 15.8 Å². The highest BCUT2D eigenvalue weighted by Gasteiger charge is 2.15. The fraction of sp³-hybridized carbons (Fsp3) is 0.238. The molecule has 3 rings (SSSR count). The van der Waals surface area contributed by atoms with Crippen LogP contribution in [0.2, 0.25) is 5.02 Å². The first-order valence-corrected chi connectivity index (χ1v) is 9.50. The minimum absolute atomic E-state index is 0.0155. The standard InChI is InChI=1S/C21H20ClN3O4/c1-13(2)14-3-5-15(6-4-14)19-12-23-21(29-19)10-9-20(26)24-16-7-8-17(22)18(11-16)25(27)28/h3-8,11-13H,9-10H2,1-2H3,(H,24,26). The molecule has 1 N–H and O–H groups in total. The average molecular weight is 414 g/mol. The Hall–Kier alpha value is -3.19. The third kappa shape index (κ3) is 5.20. The van der Waals surface area contributed by atoms with E-state index >= 15 is 0 Å². The molecule has 0 fully saturated rings. The van der Waals surface area contributed by atoms with Crippen LogP contribution in [0.3, 0.4) is 0 Å². The van der Waals surface area contributed by atoms with Gasteiger partial charge in [-0.2, -0.15) is 0 Å². The van der Waals surface area contributed by atoms with Crippen molar-refractivity contribution in [1.82, 2.24) is 4.98 Å².